The van der Waals surface area contributed by atoms with Crippen LogP contribution in [0, 0.1) is 18.6 Å². The van der Waals surface area contributed by atoms with E-state index in [0.717, 1.165) is 23.1 Å². The molecule has 0 aliphatic carbocycles. The van der Waals surface area contributed by atoms with E-state index in [4.69, 9.17) is 16.3 Å². The van der Waals surface area contributed by atoms with Gasteiger partial charge in [0.15, 0.2) is 11.6 Å². The fourth-order valence-electron chi connectivity index (χ4n) is 3.92. The molecule has 2 N–H and O–H groups in total. The Kier molecular flexibility index (Phi) is 6.01. The lowest BCUT2D eigenvalue weighted by atomic mass is 9.94. The molecular formula is C25H18ClF2NO5. The smallest absolute Gasteiger partial charge is 0.300 e. The van der Waals surface area contributed by atoms with Gasteiger partial charge in [-0.2, -0.15) is 0 Å². The minimum absolute atomic E-state index is 0.0614. The van der Waals surface area contributed by atoms with Gasteiger partial charge in [-0.1, -0.05) is 17.7 Å². The standard InChI is InChI=1S/C25H18ClF2NO5/c1-12-9-14(4-8-20(12)34-2)23(31)21-22(13-3-7-19(30)16(26)10-13)29(25(33)24(21)32)15-5-6-17(27)18(28)11-15/h3-11,22,30-31H,1-2H3/b23-21+. The first-order valence-electron chi connectivity index (χ1n) is 10.0. The van der Waals surface area contributed by atoms with Crippen LogP contribution in [0.5, 0.6) is 11.5 Å². The molecule has 1 heterocycles. The molecule has 4 rings (SSSR count). The van der Waals surface area contributed by atoms with Crippen LogP contribution in [-0.4, -0.2) is 29.0 Å². The Hall–Kier alpha value is -3.91. The summed E-state index contributed by atoms with van der Waals surface area (Å²) in [4.78, 5) is 27.1. The first-order chi connectivity index (χ1) is 16.1. The third-order valence-corrected chi connectivity index (χ3v) is 5.88. The number of nitrogens with zero attached hydrogens (tertiary/aromatic N) is 1. The Bertz CT molecular complexity index is 1370. The Balaban J connectivity index is 1.97. The van der Waals surface area contributed by atoms with Crippen LogP contribution in [0.1, 0.15) is 22.7 Å². The van der Waals surface area contributed by atoms with Crippen molar-refractivity contribution in [2.45, 2.75) is 13.0 Å². The Morgan fingerprint density at radius 3 is 2.38 bits per heavy atom. The summed E-state index contributed by atoms with van der Waals surface area (Å²) in [6, 6.07) is 10.2. The molecule has 9 heteroatoms. The Labute approximate surface area is 198 Å². The van der Waals surface area contributed by atoms with Gasteiger partial charge in [0.2, 0.25) is 0 Å². The molecule has 1 fully saturated rings. The van der Waals surface area contributed by atoms with Gasteiger partial charge in [0, 0.05) is 17.3 Å². The van der Waals surface area contributed by atoms with Crippen molar-refractivity contribution in [3.63, 3.8) is 0 Å². The number of hydrogen-bond donors (Lipinski definition) is 2. The minimum atomic E-state index is -1.23. The predicted octanol–water partition coefficient (Wildman–Crippen LogP) is 5.27. The number of phenols is 1. The lowest BCUT2D eigenvalue weighted by molar-refractivity contribution is -0.132. The second-order valence-corrected chi connectivity index (χ2v) is 8.07. The highest BCUT2D eigenvalue weighted by atomic mass is 35.5. The number of halogens is 3. The summed E-state index contributed by atoms with van der Waals surface area (Å²) in [5, 5.41) is 20.9. The number of methoxy groups -OCH3 is 1. The van der Waals surface area contributed by atoms with E-state index in [-0.39, 0.29) is 33.2 Å². The number of ketones is 1. The lowest BCUT2D eigenvalue weighted by Crippen LogP contribution is -2.29. The molecule has 0 saturated carbocycles. The SMILES string of the molecule is COc1ccc(/C(O)=C2\C(=O)C(=O)N(c3ccc(F)c(F)c3)C2c2ccc(O)c(Cl)c2)cc1C. The zero-order chi connectivity index (χ0) is 24.7. The normalized spacial score (nSPS) is 17.3. The minimum Gasteiger partial charge on any atom is -0.507 e. The van der Waals surface area contributed by atoms with Gasteiger partial charge in [-0.05, 0) is 60.5 Å². The van der Waals surface area contributed by atoms with Crippen molar-refractivity contribution in [2.24, 2.45) is 0 Å². The molecule has 1 aliphatic heterocycles. The van der Waals surface area contributed by atoms with Crippen molar-refractivity contribution in [1.29, 1.82) is 0 Å². The number of carbonyl (C=O) groups excluding carboxylic acids is 2. The number of phenolic OH excluding ortho intramolecular Hbond substituents is 1. The van der Waals surface area contributed by atoms with Crippen molar-refractivity contribution < 1.29 is 33.3 Å². The van der Waals surface area contributed by atoms with Gasteiger partial charge >= 0.3 is 0 Å². The molecule has 6 nitrogen and oxygen atoms in total. The summed E-state index contributed by atoms with van der Waals surface area (Å²) in [5.41, 5.74) is 0.807. The van der Waals surface area contributed by atoms with Gasteiger partial charge in [-0.3, -0.25) is 14.5 Å². The summed E-state index contributed by atoms with van der Waals surface area (Å²) in [6.45, 7) is 1.74. The van der Waals surface area contributed by atoms with Gasteiger partial charge in [0.05, 0.1) is 23.7 Å². The van der Waals surface area contributed by atoms with Crippen LogP contribution >= 0.6 is 11.6 Å². The van der Waals surface area contributed by atoms with Crippen LogP contribution in [0.4, 0.5) is 14.5 Å². The summed E-state index contributed by atoms with van der Waals surface area (Å²) >= 11 is 6.06. The maximum absolute atomic E-state index is 14.0. The Morgan fingerprint density at radius 1 is 1.03 bits per heavy atom. The van der Waals surface area contributed by atoms with E-state index >= 15 is 0 Å². The molecule has 1 atom stereocenters. The van der Waals surface area contributed by atoms with E-state index in [2.05, 4.69) is 0 Å². The predicted molar refractivity (Wildman–Crippen MR) is 122 cm³/mol. The number of aryl methyl sites for hydroxylation is 1. The molecule has 1 unspecified atom stereocenters. The van der Waals surface area contributed by atoms with E-state index in [1.54, 1.807) is 19.1 Å². The molecule has 3 aromatic rings. The number of aliphatic hydroxyl groups excluding tert-OH is 1. The molecule has 34 heavy (non-hydrogen) atoms. The number of Topliss-reactive ketones (excluding diaryl/α,β-unsaturated/α-hetero) is 1. The number of ether oxygens (including phenoxy) is 1. The lowest BCUT2D eigenvalue weighted by Gasteiger charge is -2.25. The molecule has 0 radical (unpaired) electrons. The summed E-state index contributed by atoms with van der Waals surface area (Å²) in [7, 11) is 1.49. The molecular weight excluding hydrogens is 468 g/mol. The maximum atomic E-state index is 14.0. The van der Waals surface area contributed by atoms with Gasteiger partial charge in [0.25, 0.3) is 11.7 Å². The first-order valence-corrected chi connectivity index (χ1v) is 10.4. The number of aromatic hydroxyl groups is 1. The highest BCUT2D eigenvalue weighted by molar-refractivity contribution is 6.51. The van der Waals surface area contributed by atoms with Crippen LogP contribution in [0.2, 0.25) is 5.02 Å². The highest BCUT2D eigenvalue weighted by Gasteiger charge is 2.47. The topological polar surface area (TPSA) is 87.1 Å². The molecule has 0 aromatic heterocycles. The molecule has 1 aliphatic rings. The molecule has 0 bridgehead atoms. The number of rotatable bonds is 4. The van der Waals surface area contributed by atoms with Crippen LogP contribution in [-0.2, 0) is 9.59 Å². The van der Waals surface area contributed by atoms with Crippen molar-refractivity contribution >= 4 is 34.7 Å². The first kappa shape index (κ1) is 23.3. The van der Waals surface area contributed by atoms with Gasteiger partial charge in [0.1, 0.15) is 17.3 Å². The number of aliphatic hydroxyl groups is 1. The van der Waals surface area contributed by atoms with Gasteiger partial charge in [-0.15, -0.1) is 0 Å². The van der Waals surface area contributed by atoms with Crippen molar-refractivity contribution in [3.8, 4) is 11.5 Å². The average molecular weight is 486 g/mol. The van der Waals surface area contributed by atoms with Crippen LogP contribution in [0.25, 0.3) is 5.76 Å². The number of hydrogen-bond acceptors (Lipinski definition) is 5. The molecule has 174 valence electrons. The maximum Gasteiger partial charge on any atom is 0.300 e. The van der Waals surface area contributed by atoms with Crippen LogP contribution in [0.15, 0.2) is 60.2 Å². The third kappa shape index (κ3) is 3.86. The second kappa shape index (κ2) is 8.79. The second-order valence-electron chi connectivity index (χ2n) is 7.66. The largest absolute Gasteiger partial charge is 0.507 e. The highest BCUT2D eigenvalue weighted by Crippen LogP contribution is 2.44. The Morgan fingerprint density at radius 2 is 1.76 bits per heavy atom. The van der Waals surface area contributed by atoms with Crippen LogP contribution < -0.4 is 9.64 Å². The number of anilines is 1. The van der Waals surface area contributed by atoms with E-state index in [0.29, 0.717) is 11.3 Å². The monoisotopic (exact) mass is 485 g/mol. The zero-order valence-corrected chi connectivity index (χ0v) is 18.7. The molecule has 1 saturated heterocycles. The van der Waals surface area contributed by atoms with E-state index in [1.165, 1.54) is 31.4 Å². The van der Waals surface area contributed by atoms with E-state index in [9.17, 15) is 28.6 Å². The van der Waals surface area contributed by atoms with Gasteiger partial charge < -0.3 is 14.9 Å². The molecule has 0 spiro atoms. The number of carbonyl (C=O) groups is 2. The zero-order valence-electron chi connectivity index (χ0n) is 18.0. The van der Waals surface area contributed by atoms with E-state index < -0.39 is 35.1 Å². The third-order valence-electron chi connectivity index (χ3n) is 5.58. The van der Waals surface area contributed by atoms with Gasteiger partial charge in [-0.25, -0.2) is 8.78 Å². The van der Waals surface area contributed by atoms with Crippen molar-refractivity contribution in [1.82, 2.24) is 0 Å². The fraction of sp³-hybridized carbons (Fsp3) is 0.120. The average Bonchev–Trinajstić information content (AvgIpc) is 3.07. The van der Waals surface area contributed by atoms with Crippen molar-refractivity contribution in [3.05, 3.63) is 93.5 Å². The van der Waals surface area contributed by atoms with Crippen molar-refractivity contribution in [2.75, 3.05) is 12.0 Å². The number of benzene rings is 3. The molecule has 3 aromatic carbocycles. The number of amides is 1. The molecule has 1 amide bonds. The quantitative estimate of drug-likeness (QED) is 0.299. The van der Waals surface area contributed by atoms with Crippen LogP contribution in [0.3, 0.4) is 0 Å². The summed E-state index contributed by atoms with van der Waals surface area (Å²) in [5.74, 6) is -4.56. The summed E-state index contributed by atoms with van der Waals surface area (Å²) in [6.07, 6.45) is 0. The summed E-state index contributed by atoms with van der Waals surface area (Å²) < 4.78 is 32.8. The van der Waals surface area contributed by atoms with E-state index in [1.807, 2.05) is 0 Å². The fourth-order valence-corrected chi connectivity index (χ4v) is 4.11.